The minimum absolute atomic E-state index is 0.0534. The van der Waals surface area contributed by atoms with E-state index < -0.39 is 107 Å². The Bertz CT molecular complexity index is 3410. The lowest BCUT2D eigenvalue weighted by Crippen LogP contribution is -2.64. The summed E-state index contributed by atoms with van der Waals surface area (Å²) in [6.45, 7) is 18.3. The number of rotatable bonds is 17. The van der Waals surface area contributed by atoms with E-state index in [2.05, 4.69) is 38.0 Å². The average Bonchev–Trinajstić information content (AvgIpc) is 1.60. The molecule has 0 bridgehead atoms. The zero-order valence-electron chi connectivity index (χ0n) is 54.0. The maximum absolute atomic E-state index is 15.1. The number of morpholine rings is 1. The van der Waals surface area contributed by atoms with Crippen LogP contribution < -0.4 is 26.2 Å². The monoisotopic (exact) mass is 1280 g/mol. The number of nitrogens with one attached hydrogen (secondary N) is 4. The van der Waals surface area contributed by atoms with Crippen molar-refractivity contribution in [3.05, 3.63) is 124 Å². The molecule has 92 heavy (non-hydrogen) atoms. The van der Waals surface area contributed by atoms with E-state index in [4.69, 9.17) is 18.9 Å². The molecule has 4 aromatic carbocycles. The van der Waals surface area contributed by atoms with E-state index in [1.807, 2.05) is 39.8 Å². The summed E-state index contributed by atoms with van der Waals surface area (Å²) in [5.74, 6) is -6.87. The third-order valence-electron chi connectivity index (χ3n) is 17.3. The maximum atomic E-state index is 15.1. The molecule has 5 aliphatic heterocycles. The second kappa shape index (κ2) is 28.4. The zero-order valence-corrected chi connectivity index (χ0v) is 54.0. The Morgan fingerprint density at radius 1 is 0.761 bits per heavy atom. The third-order valence-corrected chi connectivity index (χ3v) is 17.3. The predicted molar refractivity (Wildman–Crippen MR) is 336 cm³/mol. The first-order valence-corrected chi connectivity index (χ1v) is 31.3. The molecule has 0 aromatic heterocycles. The second-order valence-corrected chi connectivity index (χ2v) is 26.9. The lowest BCUT2D eigenvalue weighted by molar-refractivity contribution is -0.144. The van der Waals surface area contributed by atoms with Gasteiger partial charge in [0.05, 0.1) is 31.7 Å². The Hall–Kier alpha value is -8.13. The number of benzene rings is 4. The molecule has 1 unspecified atom stereocenters. The first-order valence-electron chi connectivity index (χ1n) is 31.3. The zero-order chi connectivity index (χ0) is 66.6. The number of likely N-dealkylation sites (N-methyl/N-ethyl adjacent to an activating group) is 1. The largest absolute Gasteiger partial charge is 0.444 e. The van der Waals surface area contributed by atoms with E-state index >= 15 is 18.4 Å². The van der Waals surface area contributed by atoms with Gasteiger partial charge >= 0.3 is 12.2 Å². The molecular weight excluding hydrogens is 1190 g/mol. The first kappa shape index (κ1) is 68.2. The van der Waals surface area contributed by atoms with Gasteiger partial charge in [-0.15, -0.1) is 0 Å². The van der Waals surface area contributed by atoms with Crippen LogP contribution in [0.1, 0.15) is 109 Å². The first-order chi connectivity index (χ1) is 43.4. The van der Waals surface area contributed by atoms with E-state index in [-0.39, 0.29) is 73.9 Å². The fraction of sp³-hybridized carbons (Fsp3) is 0.522. The molecule has 5 heterocycles. The summed E-state index contributed by atoms with van der Waals surface area (Å²) < 4.78 is 66.8. The average molecular weight is 1280 g/mol. The molecule has 0 radical (unpaired) electrons. The summed E-state index contributed by atoms with van der Waals surface area (Å²) in [7, 11) is 1.37. The molecule has 0 saturated carbocycles. The van der Waals surface area contributed by atoms with Crippen molar-refractivity contribution in [3.63, 3.8) is 0 Å². The minimum Gasteiger partial charge on any atom is -0.444 e. The van der Waals surface area contributed by atoms with E-state index in [9.17, 15) is 33.2 Å². The molecule has 9 rings (SSSR count). The molecule has 25 heteroatoms. The van der Waals surface area contributed by atoms with Crippen molar-refractivity contribution in [2.24, 2.45) is 5.92 Å². The van der Waals surface area contributed by atoms with Crippen molar-refractivity contribution in [1.29, 1.82) is 0 Å². The highest BCUT2D eigenvalue weighted by Gasteiger charge is 2.49. The Morgan fingerprint density at radius 2 is 1.45 bits per heavy atom. The molecule has 0 spiro atoms. The number of amides is 8. The number of anilines is 3. The number of hydrogen-bond acceptors (Lipinski definition) is 14. The van der Waals surface area contributed by atoms with Crippen molar-refractivity contribution in [3.8, 4) is 0 Å². The van der Waals surface area contributed by atoms with Crippen molar-refractivity contribution < 1.29 is 70.5 Å². The van der Waals surface area contributed by atoms with E-state index in [0.29, 0.717) is 75.5 Å². The summed E-state index contributed by atoms with van der Waals surface area (Å²) in [6, 6.07) is 16.0. The molecule has 8 amide bonds. The van der Waals surface area contributed by atoms with Crippen LogP contribution >= 0.6 is 0 Å². The number of piperazine rings is 1. The summed E-state index contributed by atoms with van der Waals surface area (Å²) in [5, 5.41) is 10.7. The van der Waals surface area contributed by atoms with Gasteiger partial charge in [-0.05, 0) is 158 Å². The van der Waals surface area contributed by atoms with Gasteiger partial charge in [-0.3, -0.25) is 38.6 Å². The fourth-order valence-electron chi connectivity index (χ4n) is 12.6. The van der Waals surface area contributed by atoms with Crippen molar-refractivity contribution >= 4 is 64.7 Å². The lowest BCUT2D eigenvalue weighted by Gasteiger charge is -2.47. The van der Waals surface area contributed by atoms with E-state index in [1.54, 1.807) is 55.7 Å². The quantitative estimate of drug-likeness (QED) is 0.0843. The minimum atomic E-state index is -1.50. The number of ether oxygens (including phenoxy) is 4. The van der Waals surface area contributed by atoms with Crippen LogP contribution in [0, 0.1) is 23.4 Å². The summed E-state index contributed by atoms with van der Waals surface area (Å²) in [6.07, 6.45) is -0.130. The number of carbonyl (C=O) groups is 8. The van der Waals surface area contributed by atoms with Gasteiger partial charge < -0.3 is 59.8 Å². The van der Waals surface area contributed by atoms with Crippen LogP contribution in [0.3, 0.4) is 0 Å². The van der Waals surface area contributed by atoms with Crippen LogP contribution in [-0.4, -0.2) is 193 Å². The normalized spacial score (nSPS) is 21.6. The number of carbonyl (C=O) groups excluding carboxylic acids is 8. The van der Waals surface area contributed by atoms with E-state index in [1.165, 1.54) is 42.3 Å². The van der Waals surface area contributed by atoms with Crippen LogP contribution in [0.25, 0.3) is 0 Å². The van der Waals surface area contributed by atoms with Crippen molar-refractivity contribution in [2.45, 2.75) is 135 Å². The molecule has 5 aliphatic rings. The molecular formula is C67H85F3N10O12. The van der Waals surface area contributed by atoms with Crippen LogP contribution in [0.5, 0.6) is 0 Å². The second-order valence-electron chi connectivity index (χ2n) is 26.9. The lowest BCUT2D eigenvalue weighted by atomic mass is 9.83. The number of nitrogens with zero attached hydrogens (tertiary/aromatic N) is 6. The molecule has 3 fully saturated rings. The molecule has 22 nitrogen and oxygen atoms in total. The van der Waals surface area contributed by atoms with Gasteiger partial charge in [0.2, 0.25) is 29.5 Å². The standard InChI is InChI=1S/C67H85F3N10O12/c1-40-32-77(48(34-76-24-27-90-38-41(76)2)35-78(40)64(88)92-66(6,7)8)37-56(83)80-39-67(9,50-21-16-43(29-53(50)80)28-42-14-17-46(68)18-15-42)62(86)71-31-54(81)72-47-19-20-49-45(30-47)33-79(59(49)60(84)74-58-51(69)12-11-13-52(58)70)61(85)57(44-22-25-89-26-23-44)73-55(82)36-75(10)63(87)91-65(3,4)5/h11-21,29-30,40-41,44,48,57,59H,22-28,31-39H2,1-10H3,(H,71,86)(H,72,81)(H,73,82)(H,74,84)/t40-,41-,48+,57?,59+,67-/m1/s1. The van der Waals surface area contributed by atoms with Crippen LogP contribution in [0.2, 0.25) is 0 Å². The van der Waals surface area contributed by atoms with Gasteiger partial charge in [-0.2, -0.15) is 0 Å². The van der Waals surface area contributed by atoms with Crippen LogP contribution in [-0.2, 0) is 66.1 Å². The Morgan fingerprint density at radius 3 is 2.12 bits per heavy atom. The Labute approximate surface area is 534 Å². The highest BCUT2D eigenvalue weighted by atomic mass is 19.1. The maximum Gasteiger partial charge on any atom is 0.410 e. The smallest absolute Gasteiger partial charge is 0.410 e. The Balaban J connectivity index is 0.935. The van der Waals surface area contributed by atoms with Gasteiger partial charge in [-0.1, -0.05) is 36.4 Å². The SMILES string of the molecule is C[C@@H]1COCCN1C[C@H]1CN(C(=O)OC(C)(C)C)[C@H](C)CN1CC(=O)N1C[C@@](C)(C(=O)NCC(=O)Nc2ccc3c(c2)CN(C(=O)C(NC(=O)CN(C)C(=O)OC(C)(C)C)C2CCOCC2)[C@@H]3C(=O)Nc2c(F)cccc2F)c2ccc(Cc3ccc(F)cc3)cc21. The van der Waals surface area contributed by atoms with Crippen LogP contribution in [0.4, 0.5) is 39.8 Å². The van der Waals surface area contributed by atoms with Crippen molar-refractivity contribution in [2.75, 3.05) is 101 Å². The molecule has 4 aromatic rings. The predicted octanol–water partition coefficient (Wildman–Crippen LogP) is 6.88. The highest BCUT2D eigenvalue weighted by molar-refractivity contribution is 6.05. The van der Waals surface area contributed by atoms with Gasteiger partial charge in [0.1, 0.15) is 53.0 Å². The van der Waals surface area contributed by atoms with Gasteiger partial charge in [0.15, 0.2) is 0 Å². The molecule has 4 N–H and O–H groups in total. The molecule has 0 aliphatic carbocycles. The van der Waals surface area contributed by atoms with Crippen LogP contribution in [0.15, 0.2) is 78.9 Å². The van der Waals surface area contributed by atoms with E-state index in [0.717, 1.165) is 34.2 Å². The number of para-hydroxylation sites is 1. The Kier molecular flexibility index (Phi) is 21.1. The summed E-state index contributed by atoms with van der Waals surface area (Å²) in [5.41, 5.74) is -0.211. The third kappa shape index (κ3) is 16.4. The van der Waals surface area contributed by atoms with Gasteiger partial charge in [0.25, 0.3) is 5.91 Å². The molecule has 6 atom stereocenters. The number of halogens is 3. The summed E-state index contributed by atoms with van der Waals surface area (Å²) in [4.78, 5) is 124. The van der Waals surface area contributed by atoms with Crippen molar-refractivity contribution in [1.82, 2.24) is 35.1 Å². The van der Waals surface area contributed by atoms with Gasteiger partial charge in [0, 0.05) is 89.0 Å². The fourth-order valence-corrected chi connectivity index (χ4v) is 12.6. The number of fused-ring (bicyclic) bond motifs is 2. The molecule has 496 valence electrons. The number of hydrogen-bond donors (Lipinski definition) is 4. The highest BCUT2D eigenvalue weighted by Crippen LogP contribution is 2.43. The van der Waals surface area contributed by atoms with Gasteiger partial charge in [-0.25, -0.2) is 22.8 Å². The molecule has 3 saturated heterocycles. The summed E-state index contributed by atoms with van der Waals surface area (Å²) >= 11 is 0. The topological polar surface area (TPSA) is 241 Å².